The zero-order valence-electron chi connectivity index (χ0n) is 15.8. The molecule has 0 aliphatic rings. The lowest BCUT2D eigenvalue weighted by Gasteiger charge is -2.31. The minimum atomic E-state index is -6.48. The molecule has 0 saturated carbocycles. The second-order valence-electron chi connectivity index (χ2n) is 6.27. The maximum Gasteiger partial charge on any atom is 0.381 e. The van der Waals surface area contributed by atoms with E-state index < -0.39 is 55.6 Å². The third-order valence-electron chi connectivity index (χ3n) is 3.82. The summed E-state index contributed by atoms with van der Waals surface area (Å²) >= 11 is 0. The van der Waals surface area contributed by atoms with Gasteiger partial charge in [-0.15, -0.1) is 0 Å². The number of ketones is 1. The Bertz CT molecular complexity index is 793. The Hall–Kier alpha value is -2.73. The van der Waals surface area contributed by atoms with Gasteiger partial charge in [0.15, 0.2) is 12.4 Å². The van der Waals surface area contributed by atoms with Crippen molar-refractivity contribution < 1.29 is 59.0 Å². The van der Waals surface area contributed by atoms with Crippen molar-refractivity contribution in [2.75, 3.05) is 6.61 Å². The molecular formula is C18H16F8O5. The Balaban J connectivity index is 2.47. The molecule has 0 radical (unpaired) electrons. The number of esters is 2. The molecule has 1 rings (SSSR count). The van der Waals surface area contributed by atoms with E-state index in [1.54, 1.807) is 0 Å². The first-order chi connectivity index (χ1) is 14.1. The van der Waals surface area contributed by atoms with Crippen LogP contribution in [0.2, 0.25) is 0 Å². The van der Waals surface area contributed by atoms with Crippen molar-refractivity contribution in [3.05, 3.63) is 29.8 Å². The Morgan fingerprint density at radius 3 is 1.90 bits per heavy atom. The number of alkyl halides is 8. The lowest BCUT2D eigenvalue weighted by Crippen LogP contribution is -2.59. The maximum atomic E-state index is 13.3. The summed E-state index contributed by atoms with van der Waals surface area (Å²) in [6.45, 7) is -1.24. The first kappa shape index (κ1) is 26.3. The molecule has 0 aromatic heterocycles. The maximum absolute atomic E-state index is 13.3. The van der Waals surface area contributed by atoms with Gasteiger partial charge in [0.2, 0.25) is 0 Å². The number of rotatable bonds is 11. The van der Waals surface area contributed by atoms with Gasteiger partial charge in [0, 0.05) is 18.4 Å². The van der Waals surface area contributed by atoms with Gasteiger partial charge >= 0.3 is 36.1 Å². The molecule has 0 fully saturated rings. The summed E-state index contributed by atoms with van der Waals surface area (Å²) in [6.07, 6.45) is -6.59. The Morgan fingerprint density at radius 1 is 0.903 bits per heavy atom. The van der Waals surface area contributed by atoms with Crippen LogP contribution in [0, 0.1) is 0 Å². The van der Waals surface area contributed by atoms with Crippen LogP contribution >= 0.6 is 0 Å². The lowest BCUT2D eigenvalue weighted by molar-refractivity contribution is -0.344. The highest BCUT2D eigenvalue weighted by Crippen LogP contribution is 2.48. The van der Waals surface area contributed by atoms with Crippen LogP contribution in [0.4, 0.5) is 35.1 Å². The van der Waals surface area contributed by atoms with Crippen LogP contribution in [-0.2, 0) is 14.3 Å². The normalized spacial score (nSPS) is 12.6. The third kappa shape index (κ3) is 6.62. The molecule has 0 atom stereocenters. The number of Topliss-reactive ketones (excluding diaryl/α,β-unsaturated/α-hetero) is 1. The molecule has 0 N–H and O–H groups in total. The predicted octanol–water partition coefficient (Wildman–Crippen LogP) is 4.68. The number of carbonyl (C=O) groups is 3. The van der Waals surface area contributed by atoms with E-state index in [9.17, 15) is 49.5 Å². The van der Waals surface area contributed by atoms with Gasteiger partial charge < -0.3 is 9.47 Å². The average Bonchev–Trinajstić information content (AvgIpc) is 2.66. The number of carbonyl (C=O) groups excluding carboxylic acids is 3. The van der Waals surface area contributed by atoms with Gasteiger partial charge in [-0.3, -0.25) is 14.4 Å². The molecule has 0 amide bonds. The zero-order valence-corrected chi connectivity index (χ0v) is 15.8. The number of halogens is 8. The largest absolute Gasteiger partial charge is 0.459 e. The van der Waals surface area contributed by atoms with E-state index in [0.29, 0.717) is 5.56 Å². The van der Waals surface area contributed by atoms with Gasteiger partial charge in [0.05, 0.1) is 0 Å². The standard InChI is InChI=1S/C18H16F8O5/c1-10(27)11-5-7-12(8-6-11)31-14(29)4-2-3-13(28)30-9-16(21,22)18(25,26)17(23,24)15(19)20/h5-8,15H,2-4,9H2,1H3. The highest BCUT2D eigenvalue weighted by molar-refractivity contribution is 5.94. The van der Waals surface area contributed by atoms with Crippen LogP contribution in [0.25, 0.3) is 0 Å². The van der Waals surface area contributed by atoms with Crippen LogP contribution in [0.15, 0.2) is 24.3 Å². The Labute approximate surface area is 170 Å². The number of hydrogen-bond acceptors (Lipinski definition) is 5. The molecule has 1 aromatic carbocycles. The van der Waals surface area contributed by atoms with E-state index in [0.717, 1.165) is 0 Å². The van der Waals surface area contributed by atoms with E-state index in [2.05, 4.69) is 4.74 Å². The smallest absolute Gasteiger partial charge is 0.381 e. The van der Waals surface area contributed by atoms with Crippen molar-refractivity contribution >= 4 is 17.7 Å². The van der Waals surface area contributed by atoms with Crippen molar-refractivity contribution in [2.24, 2.45) is 0 Å². The average molecular weight is 464 g/mol. The van der Waals surface area contributed by atoms with E-state index in [-0.39, 0.29) is 18.0 Å². The van der Waals surface area contributed by atoms with Gasteiger partial charge in [-0.2, -0.15) is 26.3 Å². The quantitative estimate of drug-likeness (QED) is 0.206. The summed E-state index contributed by atoms with van der Waals surface area (Å²) in [7, 11) is 0. The van der Waals surface area contributed by atoms with Crippen LogP contribution in [-0.4, -0.2) is 48.5 Å². The van der Waals surface area contributed by atoms with Gasteiger partial charge in [0.1, 0.15) is 5.75 Å². The summed E-state index contributed by atoms with van der Waals surface area (Å²) in [4.78, 5) is 34.1. The highest BCUT2D eigenvalue weighted by atomic mass is 19.4. The van der Waals surface area contributed by atoms with Crippen molar-refractivity contribution in [1.29, 1.82) is 0 Å². The minimum Gasteiger partial charge on any atom is -0.459 e. The van der Waals surface area contributed by atoms with Gasteiger partial charge in [0.25, 0.3) is 0 Å². The lowest BCUT2D eigenvalue weighted by atomic mass is 10.1. The molecule has 0 saturated heterocycles. The van der Waals surface area contributed by atoms with E-state index in [1.807, 2.05) is 0 Å². The minimum absolute atomic E-state index is 0.0689. The summed E-state index contributed by atoms with van der Waals surface area (Å²) in [6, 6.07) is 5.41. The SMILES string of the molecule is CC(=O)c1ccc(OC(=O)CCCC(=O)OCC(F)(F)C(F)(F)C(F)(F)C(F)F)cc1. The molecule has 0 spiro atoms. The predicted molar refractivity (Wildman–Crippen MR) is 87.7 cm³/mol. The summed E-state index contributed by atoms with van der Waals surface area (Å²) in [5, 5.41) is 0. The molecule has 5 nitrogen and oxygen atoms in total. The fourth-order valence-corrected chi connectivity index (χ4v) is 2.03. The van der Waals surface area contributed by atoms with Gasteiger partial charge in [-0.05, 0) is 37.6 Å². The van der Waals surface area contributed by atoms with Gasteiger partial charge in [-0.25, -0.2) is 8.78 Å². The van der Waals surface area contributed by atoms with Crippen molar-refractivity contribution in [1.82, 2.24) is 0 Å². The molecule has 0 unspecified atom stereocenters. The van der Waals surface area contributed by atoms with Crippen molar-refractivity contribution in [3.8, 4) is 5.75 Å². The molecule has 13 heteroatoms. The topological polar surface area (TPSA) is 69.7 Å². The van der Waals surface area contributed by atoms with E-state index in [4.69, 9.17) is 4.74 Å². The molecule has 0 heterocycles. The molecule has 0 aliphatic heterocycles. The fourth-order valence-electron chi connectivity index (χ4n) is 2.03. The van der Waals surface area contributed by atoms with Crippen LogP contribution < -0.4 is 4.74 Å². The van der Waals surface area contributed by atoms with Crippen LogP contribution in [0.1, 0.15) is 36.5 Å². The number of ether oxygens (including phenoxy) is 2. The molecule has 0 aliphatic carbocycles. The van der Waals surface area contributed by atoms with E-state index >= 15 is 0 Å². The molecule has 174 valence electrons. The summed E-state index contributed by atoms with van der Waals surface area (Å²) < 4.78 is 111. The third-order valence-corrected chi connectivity index (χ3v) is 3.82. The Kier molecular flexibility index (Phi) is 8.53. The molecular weight excluding hydrogens is 448 g/mol. The van der Waals surface area contributed by atoms with Crippen LogP contribution in [0.5, 0.6) is 5.75 Å². The first-order valence-electron chi connectivity index (χ1n) is 8.50. The first-order valence-corrected chi connectivity index (χ1v) is 8.50. The zero-order chi connectivity index (χ0) is 24.0. The number of hydrogen-bond donors (Lipinski definition) is 0. The van der Waals surface area contributed by atoms with Gasteiger partial charge in [-0.1, -0.05) is 0 Å². The second kappa shape index (κ2) is 10.1. The van der Waals surface area contributed by atoms with Crippen LogP contribution in [0.3, 0.4) is 0 Å². The fraction of sp³-hybridized carbons (Fsp3) is 0.500. The monoisotopic (exact) mass is 464 g/mol. The molecule has 1 aromatic rings. The number of benzene rings is 1. The molecule has 0 bridgehead atoms. The Morgan fingerprint density at radius 2 is 1.42 bits per heavy atom. The highest BCUT2D eigenvalue weighted by Gasteiger charge is 2.75. The van der Waals surface area contributed by atoms with Crippen molar-refractivity contribution in [3.63, 3.8) is 0 Å². The van der Waals surface area contributed by atoms with E-state index in [1.165, 1.54) is 31.2 Å². The molecule has 31 heavy (non-hydrogen) atoms. The summed E-state index contributed by atoms with van der Waals surface area (Å²) in [5.74, 6) is -21.2. The van der Waals surface area contributed by atoms with Crippen molar-refractivity contribution in [2.45, 2.75) is 50.4 Å². The summed E-state index contributed by atoms with van der Waals surface area (Å²) in [5.41, 5.74) is 0.358. The second-order valence-corrected chi connectivity index (χ2v) is 6.27.